The summed E-state index contributed by atoms with van der Waals surface area (Å²) in [5.41, 5.74) is 6.72. The monoisotopic (exact) mass is 261 g/mol. The van der Waals surface area contributed by atoms with E-state index in [1.165, 1.54) is 10.6 Å². The Hall–Kier alpha value is -1.62. The quantitative estimate of drug-likeness (QED) is 0.822. The lowest BCUT2D eigenvalue weighted by atomic mass is 9.84. The third-order valence-electron chi connectivity index (χ3n) is 4.64. The highest BCUT2D eigenvalue weighted by molar-refractivity contribution is 5.93. The molecule has 3 N–H and O–H groups in total. The molecule has 4 atom stereocenters. The van der Waals surface area contributed by atoms with Crippen LogP contribution in [-0.2, 0) is 11.8 Å². The van der Waals surface area contributed by atoms with Crippen molar-refractivity contribution in [3.05, 3.63) is 28.7 Å². The summed E-state index contributed by atoms with van der Waals surface area (Å²) >= 11 is 0. The Bertz CT molecular complexity index is 564. The smallest absolute Gasteiger partial charge is 0.250 e. The van der Waals surface area contributed by atoms with Crippen molar-refractivity contribution < 1.29 is 4.79 Å². The Kier molecular flexibility index (Phi) is 2.93. The normalized spacial score (nSPS) is 32.5. The Morgan fingerprint density at radius 3 is 2.74 bits per heavy atom. The van der Waals surface area contributed by atoms with Crippen LogP contribution in [-0.4, -0.2) is 16.5 Å². The number of aromatic nitrogens is 1. The van der Waals surface area contributed by atoms with Crippen LogP contribution in [0.2, 0.25) is 0 Å². The van der Waals surface area contributed by atoms with Gasteiger partial charge in [0, 0.05) is 25.4 Å². The molecule has 0 aliphatic heterocycles. The van der Waals surface area contributed by atoms with Crippen molar-refractivity contribution >= 4 is 11.6 Å². The summed E-state index contributed by atoms with van der Waals surface area (Å²) in [6.45, 7) is 0. The van der Waals surface area contributed by atoms with E-state index in [0.717, 1.165) is 19.3 Å². The van der Waals surface area contributed by atoms with Crippen LogP contribution in [0.25, 0.3) is 0 Å². The molecule has 1 amide bonds. The fourth-order valence-corrected chi connectivity index (χ4v) is 3.62. The maximum absolute atomic E-state index is 12.3. The second-order valence-electron chi connectivity index (χ2n) is 5.79. The Labute approximate surface area is 111 Å². The minimum Gasteiger partial charge on any atom is -0.327 e. The minimum atomic E-state index is -0.0883. The van der Waals surface area contributed by atoms with E-state index in [0.29, 0.717) is 17.5 Å². The molecule has 19 heavy (non-hydrogen) atoms. The molecular weight excluding hydrogens is 242 g/mol. The zero-order valence-electron chi connectivity index (χ0n) is 11.0. The molecule has 4 unspecified atom stereocenters. The number of nitrogens with one attached hydrogen (secondary N) is 1. The summed E-state index contributed by atoms with van der Waals surface area (Å²) in [6, 6.07) is 3.08. The Morgan fingerprint density at radius 2 is 2.11 bits per heavy atom. The third-order valence-corrected chi connectivity index (χ3v) is 4.64. The van der Waals surface area contributed by atoms with E-state index in [9.17, 15) is 9.59 Å². The van der Waals surface area contributed by atoms with E-state index in [4.69, 9.17) is 5.73 Å². The van der Waals surface area contributed by atoms with Crippen LogP contribution < -0.4 is 16.6 Å². The van der Waals surface area contributed by atoms with Crippen molar-refractivity contribution in [2.24, 2.45) is 30.5 Å². The highest BCUT2D eigenvalue weighted by Gasteiger charge is 2.49. The van der Waals surface area contributed by atoms with E-state index in [1.807, 2.05) is 0 Å². The van der Waals surface area contributed by atoms with Gasteiger partial charge in [-0.05, 0) is 37.2 Å². The van der Waals surface area contributed by atoms with Crippen molar-refractivity contribution in [3.63, 3.8) is 0 Å². The topological polar surface area (TPSA) is 77.1 Å². The lowest BCUT2D eigenvalue weighted by Crippen LogP contribution is -2.42. The van der Waals surface area contributed by atoms with Crippen molar-refractivity contribution in [1.29, 1.82) is 0 Å². The number of nitrogens with zero attached hydrogens (tertiary/aromatic N) is 1. The first-order valence-electron chi connectivity index (χ1n) is 6.79. The first-order valence-corrected chi connectivity index (χ1v) is 6.79. The number of hydrogen-bond donors (Lipinski definition) is 2. The van der Waals surface area contributed by atoms with Crippen LogP contribution >= 0.6 is 0 Å². The molecule has 1 heterocycles. The van der Waals surface area contributed by atoms with Crippen molar-refractivity contribution in [2.45, 2.75) is 25.3 Å². The molecule has 0 radical (unpaired) electrons. The van der Waals surface area contributed by atoms with Crippen LogP contribution in [0.15, 0.2) is 23.1 Å². The maximum atomic E-state index is 12.3. The zero-order chi connectivity index (χ0) is 13.6. The summed E-state index contributed by atoms with van der Waals surface area (Å²) in [5.74, 6) is 0.878. The van der Waals surface area contributed by atoms with Gasteiger partial charge in [-0.2, -0.15) is 0 Å². The van der Waals surface area contributed by atoms with Gasteiger partial charge in [-0.15, -0.1) is 0 Å². The van der Waals surface area contributed by atoms with Crippen LogP contribution in [0, 0.1) is 17.8 Å². The molecule has 0 spiro atoms. The van der Waals surface area contributed by atoms with Gasteiger partial charge in [0.25, 0.3) is 0 Å². The number of hydrogen-bond acceptors (Lipinski definition) is 3. The number of aryl methyl sites for hydroxylation is 1. The first kappa shape index (κ1) is 12.4. The summed E-state index contributed by atoms with van der Waals surface area (Å²) in [5, 5.41) is 2.89. The van der Waals surface area contributed by atoms with Gasteiger partial charge < -0.3 is 15.6 Å². The largest absolute Gasteiger partial charge is 0.327 e. The molecule has 102 valence electrons. The van der Waals surface area contributed by atoms with Crippen LogP contribution in [0.3, 0.4) is 0 Å². The van der Waals surface area contributed by atoms with Gasteiger partial charge in [0.2, 0.25) is 11.5 Å². The van der Waals surface area contributed by atoms with Gasteiger partial charge in [0.1, 0.15) is 0 Å². The summed E-state index contributed by atoms with van der Waals surface area (Å²) < 4.78 is 1.45. The summed E-state index contributed by atoms with van der Waals surface area (Å²) in [6.07, 6.45) is 5.00. The average Bonchev–Trinajstić information content (AvgIpc) is 2.94. The molecule has 5 heteroatoms. The van der Waals surface area contributed by atoms with Crippen molar-refractivity contribution in [2.75, 3.05) is 5.32 Å². The van der Waals surface area contributed by atoms with Gasteiger partial charge in [-0.3, -0.25) is 9.59 Å². The molecular formula is C14H19N3O2. The van der Waals surface area contributed by atoms with Gasteiger partial charge in [0.15, 0.2) is 0 Å². The fraction of sp³-hybridized carbons (Fsp3) is 0.571. The number of amides is 1. The predicted octanol–water partition coefficient (Wildman–Crippen LogP) is 0.697. The third kappa shape index (κ3) is 2.08. The molecule has 0 aromatic carbocycles. The lowest BCUT2D eigenvalue weighted by Gasteiger charge is -2.27. The van der Waals surface area contributed by atoms with Gasteiger partial charge in [-0.1, -0.05) is 0 Å². The Balaban J connectivity index is 1.74. The van der Waals surface area contributed by atoms with E-state index < -0.39 is 0 Å². The van der Waals surface area contributed by atoms with Gasteiger partial charge >= 0.3 is 0 Å². The predicted molar refractivity (Wildman–Crippen MR) is 72.6 cm³/mol. The van der Waals surface area contributed by atoms with Gasteiger partial charge in [0.05, 0.1) is 11.6 Å². The summed E-state index contributed by atoms with van der Waals surface area (Å²) in [4.78, 5) is 23.6. The number of carbonyl (C=O) groups is 1. The maximum Gasteiger partial charge on any atom is 0.250 e. The van der Waals surface area contributed by atoms with Crippen LogP contribution in [0.1, 0.15) is 19.3 Å². The number of pyridine rings is 1. The number of carbonyl (C=O) groups excluding carboxylic acids is 1. The Morgan fingerprint density at radius 1 is 1.37 bits per heavy atom. The number of nitrogens with two attached hydrogens (primary N) is 1. The minimum absolute atomic E-state index is 0.00153. The molecule has 5 nitrogen and oxygen atoms in total. The molecule has 1 aromatic rings. The molecule has 2 fully saturated rings. The second-order valence-corrected chi connectivity index (χ2v) is 5.79. The van der Waals surface area contributed by atoms with Crippen molar-refractivity contribution in [1.82, 2.24) is 4.57 Å². The average molecular weight is 261 g/mol. The molecule has 0 saturated heterocycles. The van der Waals surface area contributed by atoms with E-state index >= 15 is 0 Å². The zero-order valence-corrected chi connectivity index (χ0v) is 11.0. The molecule has 2 aliphatic carbocycles. The van der Waals surface area contributed by atoms with E-state index in [1.54, 1.807) is 19.3 Å². The molecule has 2 bridgehead atoms. The SMILES string of the molecule is Cn1cc(NC(=O)C2C3CCC(C3)C2N)ccc1=O. The van der Waals surface area contributed by atoms with Crippen LogP contribution in [0.5, 0.6) is 0 Å². The number of rotatable bonds is 2. The lowest BCUT2D eigenvalue weighted by molar-refractivity contribution is -0.121. The molecule has 2 aliphatic rings. The molecule has 3 rings (SSSR count). The molecule has 1 aromatic heterocycles. The van der Waals surface area contributed by atoms with Crippen molar-refractivity contribution in [3.8, 4) is 0 Å². The standard InChI is InChI=1S/C14H19N3O2/c1-17-7-10(4-5-11(17)18)16-14(19)12-8-2-3-9(6-8)13(12)15/h4-5,7-9,12-13H,2-3,6,15H2,1H3,(H,16,19). The highest BCUT2D eigenvalue weighted by atomic mass is 16.2. The highest BCUT2D eigenvalue weighted by Crippen LogP contribution is 2.47. The number of fused-ring (bicyclic) bond motifs is 2. The molecule has 2 saturated carbocycles. The van der Waals surface area contributed by atoms with E-state index in [2.05, 4.69) is 5.32 Å². The second kappa shape index (κ2) is 4.49. The van der Waals surface area contributed by atoms with Crippen LogP contribution in [0.4, 0.5) is 5.69 Å². The van der Waals surface area contributed by atoms with E-state index in [-0.39, 0.29) is 23.4 Å². The summed E-state index contributed by atoms with van der Waals surface area (Å²) in [7, 11) is 1.67. The van der Waals surface area contributed by atoms with Gasteiger partial charge in [-0.25, -0.2) is 0 Å². The number of anilines is 1. The fourth-order valence-electron chi connectivity index (χ4n) is 3.62. The first-order chi connectivity index (χ1) is 9.06.